The first-order chi connectivity index (χ1) is 13.3. The minimum Gasteiger partial charge on any atom is -0.497 e. The largest absolute Gasteiger partial charge is 0.497 e. The molecule has 0 fully saturated rings. The number of nitrogens with one attached hydrogen (secondary N) is 1. The van der Waals surface area contributed by atoms with Crippen LogP contribution in [0, 0.1) is 6.92 Å². The first kappa shape index (κ1) is 21.7. The van der Waals surface area contributed by atoms with E-state index in [1.54, 1.807) is 39.2 Å². The molecule has 2 aromatic carbocycles. The van der Waals surface area contributed by atoms with Crippen molar-refractivity contribution < 1.29 is 17.9 Å². The van der Waals surface area contributed by atoms with Gasteiger partial charge in [-0.3, -0.25) is 4.79 Å². The Bertz CT molecular complexity index is 947. The number of amides is 1. The molecule has 0 spiro atoms. The van der Waals surface area contributed by atoms with Crippen molar-refractivity contribution in [1.29, 1.82) is 0 Å². The van der Waals surface area contributed by atoms with Crippen LogP contribution in [0.2, 0.25) is 0 Å². The minimum absolute atomic E-state index is 0.163. The third-order valence-electron chi connectivity index (χ3n) is 4.35. The van der Waals surface area contributed by atoms with E-state index in [4.69, 9.17) is 4.74 Å². The van der Waals surface area contributed by atoms with Gasteiger partial charge in [-0.25, -0.2) is 8.42 Å². The molecule has 2 rings (SSSR count). The number of benzene rings is 2. The summed E-state index contributed by atoms with van der Waals surface area (Å²) < 4.78 is 31.9. The van der Waals surface area contributed by atoms with Crippen molar-refractivity contribution in [2.75, 3.05) is 25.5 Å². The number of ether oxygens (including phenoxy) is 1. The van der Waals surface area contributed by atoms with E-state index in [0.717, 1.165) is 16.9 Å². The monoisotopic (exact) mass is 402 g/mol. The van der Waals surface area contributed by atoms with Crippen LogP contribution >= 0.6 is 0 Å². The summed E-state index contributed by atoms with van der Waals surface area (Å²) in [5.41, 5.74) is 2.10. The lowest BCUT2D eigenvalue weighted by molar-refractivity contribution is -0.111. The summed E-state index contributed by atoms with van der Waals surface area (Å²) in [6.45, 7) is 6.18. The molecule has 0 aliphatic heterocycles. The molecule has 0 aliphatic rings. The summed E-state index contributed by atoms with van der Waals surface area (Å²) in [6.07, 6.45) is 3.09. The molecule has 7 heteroatoms. The standard InChI is InChI=1S/C21H26N2O4S/c1-5-23(6-2)28(25,26)19-13-7-16(3)20(15-19)22-21(24)14-10-17-8-11-18(27-4)12-9-17/h7-15H,5-6H2,1-4H3,(H,22,24)/b14-10+. The van der Waals surface area contributed by atoms with Crippen molar-refractivity contribution in [1.82, 2.24) is 4.31 Å². The number of hydrogen-bond donors (Lipinski definition) is 1. The van der Waals surface area contributed by atoms with Crippen LogP contribution in [0.3, 0.4) is 0 Å². The van der Waals surface area contributed by atoms with Gasteiger partial charge in [0.2, 0.25) is 15.9 Å². The molecule has 0 radical (unpaired) electrons. The van der Waals surface area contributed by atoms with Gasteiger partial charge in [0.15, 0.2) is 0 Å². The Morgan fingerprint density at radius 2 is 1.75 bits per heavy atom. The molecule has 0 heterocycles. The van der Waals surface area contributed by atoms with Crippen LogP contribution in [-0.4, -0.2) is 38.8 Å². The molecule has 28 heavy (non-hydrogen) atoms. The van der Waals surface area contributed by atoms with E-state index in [-0.39, 0.29) is 10.8 Å². The molecule has 0 aromatic heterocycles. The maximum absolute atomic E-state index is 12.7. The van der Waals surface area contributed by atoms with Crippen LogP contribution in [0.15, 0.2) is 53.4 Å². The smallest absolute Gasteiger partial charge is 0.248 e. The lowest BCUT2D eigenvalue weighted by Crippen LogP contribution is -2.30. The van der Waals surface area contributed by atoms with E-state index in [1.807, 2.05) is 31.2 Å². The zero-order chi connectivity index (χ0) is 20.7. The zero-order valence-corrected chi connectivity index (χ0v) is 17.4. The third-order valence-corrected chi connectivity index (χ3v) is 6.40. The van der Waals surface area contributed by atoms with Gasteiger partial charge < -0.3 is 10.1 Å². The average molecular weight is 403 g/mol. The van der Waals surface area contributed by atoms with Crippen LogP contribution in [0.4, 0.5) is 5.69 Å². The first-order valence-corrected chi connectivity index (χ1v) is 10.5. The number of carbonyl (C=O) groups excluding carboxylic acids is 1. The van der Waals surface area contributed by atoms with E-state index in [0.29, 0.717) is 18.8 Å². The number of anilines is 1. The van der Waals surface area contributed by atoms with Gasteiger partial charge in [0.05, 0.1) is 12.0 Å². The summed E-state index contributed by atoms with van der Waals surface area (Å²) in [5, 5.41) is 2.76. The van der Waals surface area contributed by atoms with Crippen LogP contribution < -0.4 is 10.1 Å². The number of carbonyl (C=O) groups is 1. The van der Waals surface area contributed by atoms with Gasteiger partial charge in [-0.1, -0.05) is 32.0 Å². The molecule has 0 unspecified atom stereocenters. The van der Waals surface area contributed by atoms with E-state index < -0.39 is 10.0 Å². The Morgan fingerprint density at radius 3 is 2.32 bits per heavy atom. The minimum atomic E-state index is -3.59. The molecule has 0 saturated carbocycles. The van der Waals surface area contributed by atoms with Gasteiger partial charge in [-0.2, -0.15) is 4.31 Å². The molecule has 0 aliphatic carbocycles. The van der Waals surface area contributed by atoms with E-state index in [2.05, 4.69) is 5.32 Å². The Kier molecular flexibility index (Phi) is 7.37. The highest BCUT2D eigenvalue weighted by Crippen LogP contribution is 2.23. The number of methoxy groups -OCH3 is 1. The number of aryl methyl sites for hydroxylation is 1. The summed E-state index contributed by atoms with van der Waals surface area (Å²) in [5.74, 6) is 0.403. The summed E-state index contributed by atoms with van der Waals surface area (Å²) in [4.78, 5) is 12.4. The van der Waals surface area contributed by atoms with Crippen LogP contribution in [-0.2, 0) is 14.8 Å². The molecule has 1 N–H and O–H groups in total. The first-order valence-electron chi connectivity index (χ1n) is 9.05. The highest BCUT2D eigenvalue weighted by Gasteiger charge is 2.22. The van der Waals surface area contributed by atoms with Gasteiger partial charge in [0.1, 0.15) is 5.75 Å². The SMILES string of the molecule is CCN(CC)S(=O)(=O)c1ccc(C)c(NC(=O)/C=C/c2ccc(OC)cc2)c1. The van der Waals surface area contributed by atoms with E-state index >= 15 is 0 Å². The average Bonchev–Trinajstić information content (AvgIpc) is 2.69. The Labute approximate surface area is 166 Å². The van der Waals surface area contributed by atoms with Crippen molar-refractivity contribution in [3.8, 4) is 5.75 Å². The molecular weight excluding hydrogens is 376 g/mol. The van der Waals surface area contributed by atoms with Crippen molar-refractivity contribution in [2.45, 2.75) is 25.7 Å². The van der Waals surface area contributed by atoms with E-state index in [9.17, 15) is 13.2 Å². The van der Waals surface area contributed by atoms with Crippen molar-refractivity contribution in [3.05, 3.63) is 59.7 Å². The lowest BCUT2D eigenvalue weighted by atomic mass is 10.2. The number of rotatable bonds is 8. The van der Waals surface area contributed by atoms with Crippen LogP contribution in [0.25, 0.3) is 6.08 Å². The molecule has 0 saturated heterocycles. The normalized spacial score (nSPS) is 11.8. The fourth-order valence-corrected chi connectivity index (χ4v) is 4.15. The van der Waals surface area contributed by atoms with Gasteiger partial charge in [0.25, 0.3) is 0 Å². The van der Waals surface area contributed by atoms with Crippen molar-refractivity contribution in [2.24, 2.45) is 0 Å². The van der Waals surface area contributed by atoms with E-state index in [1.165, 1.54) is 16.4 Å². The maximum Gasteiger partial charge on any atom is 0.248 e. The Balaban J connectivity index is 2.18. The second-order valence-electron chi connectivity index (χ2n) is 6.16. The maximum atomic E-state index is 12.7. The topological polar surface area (TPSA) is 75.7 Å². The van der Waals surface area contributed by atoms with Gasteiger partial charge in [0, 0.05) is 24.9 Å². The lowest BCUT2D eigenvalue weighted by Gasteiger charge is -2.19. The number of sulfonamides is 1. The molecule has 1 amide bonds. The fourth-order valence-electron chi connectivity index (χ4n) is 2.67. The predicted molar refractivity (Wildman–Crippen MR) is 112 cm³/mol. The van der Waals surface area contributed by atoms with Gasteiger partial charge >= 0.3 is 0 Å². The second kappa shape index (κ2) is 9.52. The highest BCUT2D eigenvalue weighted by molar-refractivity contribution is 7.89. The fraction of sp³-hybridized carbons (Fsp3) is 0.286. The molecule has 0 bridgehead atoms. The summed E-state index contributed by atoms with van der Waals surface area (Å²) in [6, 6.07) is 12.1. The zero-order valence-electron chi connectivity index (χ0n) is 16.6. The van der Waals surface area contributed by atoms with Crippen molar-refractivity contribution >= 4 is 27.7 Å². The molecule has 2 aromatic rings. The molecule has 6 nitrogen and oxygen atoms in total. The van der Waals surface area contributed by atoms with Crippen molar-refractivity contribution in [3.63, 3.8) is 0 Å². The number of nitrogens with zero attached hydrogens (tertiary/aromatic N) is 1. The molecule has 150 valence electrons. The predicted octanol–water partition coefficient (Wildman–Crippen LogP) is 3.69. The van der Waals surface area contributed by atoms with Crippen LogP contribution in [0.5, 0.6) is 5.75 Å². The van der Waals surface area contributed by atoms with Crippen LogP contribution in [0.1, 0.15) is 25.0 Å². The quantitative estimate of drug-likeness (QED) is 0.684. The molecule has 0 atom stereocenters. The second-order valence-corrected chi connectivity index (χ2v) is 8.10. The Morgan fingerprint density at radius 1 is 1.11 bits per heavy atom. The Hall–Kier alpha value is -2.64. The summed E-state index contributed by atoms with van der Waals surface area (Å²) in [7, 11) is -1.99. The summed E-state index contributed by atoms with van der Waals surface area (Å²) >= 11 is 0. The molecular formula is C21H26N2O4S. The van der Waals surface area contributed by atoms with Gasteiger partial charge in [-0.05, 0) is 48.4 Å². The number of hydrogen-bond acceptors (Lipinski definition) is 4. The highest BCUT2D eigenvalue weighted by atomic mass is 32.2. The van der Waals surface area contributed by atoms with Gasteiger partial charge in [-0.15, -0.1) is 0 Å². The third kappa shape index (κ3) is 5.21.